The first-order valence-corrected chi connectivity index (χ1v) is 8.01. The number of hydrogen-bond acceptors (Lipinski definition) is 2. The van der Waals surface area contributed by atoms with Crippen LogP contribution >= 0.6 is 35.0 Å². The summed E-state index contributed by atoms with van der Waals surface area (Å²) in [4.78, 5) is 1.23. The molecule has 0 spiro atoms. The molecule has 0 saturated carbocycles. The van der Waals surface area contributed by atoms with E-state index in [-0.39, 0.29) is 11.9 Å². The maximum Gasteiger partial charge on any atom is 0.124 e. The van der Waals surface area contributed by atoms with Crippen LogP contribution in [0.2, 0.25) is 10.0 Å². The number of rotatable bonds is 2. The summed E-state index contributed by atoms with van der Waals surface area (Å²) in [6.07, 6.45) is 0.978. The molecule has 0 saturated heterocycles. The Morgan fingerprint density at radius 2 is 2.00 bits per heavy atom. The van der Waals surface area contributed by atoms with Gasteiger partial charge in [0.05, 0.1) is 16.8 Å². The summed E-state index contributed by atoms with van der Waals surface area (Å²) < 4.78 is 13.1. The highest BCUT2D eigenvalue weighted by atomic mass is 35.5. The molecule has 0 amide bonds. The quantitative estimate of drug-likeness (QED) is 0.750. The number of hydrogen-bond donors (Lipinski definition) is 1. The van der Waals surface area contributed by atoms with Crippen molar-refractivity contribution >= 4 is 40.7 Å². The minimum Gasteiger partial charge on any atom is -0.377 e. The van der Waals surface area contributed by atoms with Gasteiger partial charge in [-0.05, 0) is 48.4 Å². The van der Waals surface area contributed by atoms with Crippen molar-refractivity contribution in [2.45, 2.75) is 17.4 Å². The molecule has 2 aromatic carbocycles. The van der Waals surface area contributed by atoms with Gasteiger partial charge in [-0.2, -0.15) is 0 Å². The Morgan fingerprint density at radius 3 is 2.80 bits per heavy atom. The average Bonchev–Trinajstić information content (AvgIpc) is 2.42. The molecule has 1 nitrogen and oxygen atoms in total. The molecular formula is C15H12Cl2FNS. The third-order valence-electron chi connectivity index (χ3n) is 3.27. The zero-order chi connectivity index (χ0) is 14.1. The van der Waals surface area contributed by atoms with E-state index in [4.69, 9.17) is 23.2 Å². The first kappa shape index (κ1) is 14.1. The summed E-state index contributed by atoms with van der Waals surface area (Å²) in [6, 6.07) is 10.5. The molecule has 0 aliphatic carbocycles. The second kappa shape index (κ2) is 5.84. The van der Waals surface area contributed by atoms with E-state index < -0.39 is 0 Å². The molecule has 5 heteroatoms. The lowest BCUT2D eigenvalue weighted by Gasteiger charge is -2.27. The lowest BCUT2D eigenvalue weighted by molar-refractivity contribution is 0.627. The van der Waals surface area contributed by atoms with E-state index >= 15 is 0 Å². The van der Waals surface area contributed by atoms with E-state index in [1.54, 1.807) is 6.07 Å². The van der Waals surface area contributed by atoms with Gasteiger partial charge < -0.3 is 5.32 Å². The van der Waals surface area contributed by atoms with E-state index in [0.29, 0.717) is 5.02 Å². The number of nitrogens with one attached hydrogen (secondary N) is 1. The van der Waals surface area contributed by atoms with Gasteiger partial charge in [0.2, 0.25) is 0 Å². The van der Waals surface area contributed by atoms with Crippen LogP contribution in [0.25, 0.3) is 0 Å². The number of anilines is 1. The molecule has 3 rings (SSSR count). The molecule has 0 fully saturated rings. The van der Waals surface area contributed by atoms with Gasteiger partial charge in [-0.1, -0.05) is 23.2 Å². The number of benzene rings is 2. The molecule has 0 aromatic heterocycles. The van der Waals surface area contributed by atoms with Gasteiger partial charge in [0.15, 0.2) is 0 Å². The molecule has 1 N–H and O–H groups in total. The maximum absolute atomic E-state index is 13.1. The molecule has 1 aliphatic rings. The van der Waals surface area contributed by atoms with Gasteiger partial charge in [0, 0.05) is 15.7 Å². The highest BCUT2D eigenvalue weighted by Gasteiger charge is 2.21. The molecular weight excluding hydrogens is 316 g/mol. The Balaban J connectivity index is 1.91. The van der Waals surface area contributed by atoms with Crippen LogP contribution in [-0.4, -0.2) is 5.75 Å². The second-order valence-electron chi connectivity index (χ2n) is 4.64. The van der Waals surface area contributed by atoms with Crippen molar-refractivity contribution in [3.63, 3.8) is 0 Å². The van der Waals surface area contributed by atoms with Crippen molar-refractivity contribution in [2.75, 3.05) is 11.1 Å². The minimum absolute atomic E-state index is 0.146. The number of halogens is 3. The zero-order valence-corrected chi connectivity index (χ0v) is 12.8. The average molecular weight is 328 g/mol. The van der Waals surface area contributed by atoms with Crippen LogP contribution in [0.3, 0.4) is 0 Å². The highest BCUT2D eigenvalue weighted by Crippen LogP contribution is 2.40. The zero-order valence-electron chi connectivity index (χ0n) is 10.5. The van der Waals surface area contributed by atoms with Crippen molar-refractivity contribution < 1.29 is 4.39 Å². The highest BCUT2D eigenvalue weighted by molar-refractivity contribution is 7.99. The monoisotopic (exact) mass is 327 g/mol. The second-order valence-corrected chi connectivity index (χ2v) is 6.62. The number of fused-ring (bicyclic) bond motifs is 1. The van der Waals surface area contributed by atoms with Gasteiger partial charge in [-0.15, -0.1) is 11.8 Å². The Labute approximate surface area is 131 Å². The van der Waals surface area contributed by atoms with Crippen molar-refractivity contribution in [1.29, 1.82) is 0 Å². The van der Waals surface area contributed by atoms with E-state index in [0.717, 1.165) is 22.9 Å². The van der Waals surface area contributed by atoms with Crippen LogP contribution < -0.4 is 5.32 Å². The third kappa shape index (κ3) is 2.90. The largest absolute Gasteiger partial charge is 0.377 e. The molecule has 1 unspecified atom stereocenters. The Bertz CT molecular complexity index is 648. The van der Waals surface area contributed by atoms with Crippen molar-refractivity contribution in [3.8, 4) is 0 Å². The van der Waals surface area contributed by atoms with Crippen LogP contribution in [0.15, 0.2) is 41.3 Å². The third-order valence-corrected chi connectivity index (χ3v) is 4.94. The Morgan fingerprint density at radius 1 is 1.15 bits per heavy atom. The SMILES string of the molecule is Fc1ccc(NC2CCSc3ccc(Cl)cc32)c(Cl)c1. The van der Waals surface area contributed by atoms with E-state index in [1.807, 2.05) is 30.0 Å². The molecule has 1 heterocycles. The Hall–Kier alpha value is -0.900. The van der Waals surface area contributed by atoms with Crippen molar-refractivity contribution in [2.24, 2.45) is 0 Å². The molecule has 2 aromatic rings. The van der Waals surface area contributed by atoms with Gasteiger partial charge in [0.25, 0.3) is 0 Å². The van der Waals surface area contributed by atoms with Crippen LogP contribution in [0.5, 0.6) is 0 Å². The summed E-state index contributed by atoms with van der Waals surface area (Å²) in [5.74, 6) is 0.702. The first-order chi connectivity index (χ1) is 9.63. The van der Waals surface area contributed by atoms with Crippen molar-refractivity contribution in [3.05, 3.63) is 57.8 Å². The summed E-state index contributed by atoms with van der Waals surface area (Å²) in [5.41, 5.74) is 1.92. The van der Waals surface area contributed by atoms with Gasteiger partial charge >= 0.3 is 0 Å². The smallest absolute Gasteiger partial charge is 0.124 e. The molecule has 1 atom stereocenters. The summed E-state index contributed by atoms with van der Waals surface area (Å²) in [6.45, 7) is 0. The summed E-state index contributed by atoms with van der Waals surface area (Å²) in [7, 11) is 0. The maximum atomic E-state index is 13.1. The van der Waals surface area contributed by atoms with Gasteiger partial charge in [-0.25, -0.2) is 4.39 Å². The molecule has 0 radical (unpaired) electrons. The van der Waals surface area contributed by atoms with Gasteiger partial charge in [-0.3, -0.25) is 0 Å². The predicted molar refractivity (Wildman–Crippen MR) is 84.6 cm³/mol. The fourth-order valence-corrected chi connectivity index (χ4v) is 3.82. The molecule has 0 bridgehead atoms. The molecule has 1 aliphatic heterocycles. The molecule has 104 valence electrons. The fourth-order valence-electron chi connectivity index (χ4n) is 2.31. The lowest BCUT2D eigenvalue weighted by Crippen LogP contribution is -2.16. The van der Waals surface area contributed by atoms with E-state index in [1.165, 1.54) is 22.6 Å². The van der Waals surface area contributed by atoms with Crippen molar-refractivity contribution in [1.82, 2.24) is 0 Å². The van der Waals surface area contributed by atoms with Crippen LogP contribution in [0, 0.1) is 5.82 Å². The normalized spacial score (nSPS) is 17.6. The van der Waals surface area contributed by atoms with Gasteiger partial charge in [0.1, 0.15) is 5.82 Å². The predicted octanol–water partition coefficient (Wildman–Crippen LogP) is 5.78. The molecule has 20 heavy (non-hydrogen) atoms. The van der Waals surface area contributed by atoms with E-state index in [9.17, 15) is 4.39 Å². The van der Waals surface area contributed by atoms with Crippen LogP contribution in [-0.2, 0) is 0 Å². The van der Waals surface area contributed by atoms with Crippen LogP contribution in [0.1, 0.15) is 18.0 Å². The minimum atomic E-state index is -0.330. The fraction of sp³-hybridized carbons (Fsp3) is 0.200. The standard InChI is InChI=1S/C15H12Cl2FNS/c16-9-1-4-15-11(7-9)13(5-6-20-15)19-14-3-2-10(18)8-12(14)17/h1-4,7-8,13,19H,5-6H2. The van der Waals surface area contributed by atoms with E-state index in [2.05, 4.69) is 5.32 Å². The first-order valence-electron chi connectivity index (χ1n) is 6.27. The summed E-state index contributed by atoms with van der Waals surface area (Å²) in [5, 5.41) is 4.51. The van der Waals surface area contributed by atoms with Crippen LogP contribution in [0.4, 0.5) is 10.1 Å². The topological polar surface area (TPSA) is 12.0 Å². The lowest BCUT2D eigenvalue weighted by atomic mass is 10.0. The summed E-state index contributed by atoms with van der Waals surface area (Å²) >= 11 is 14.0. The Kier molecular flexibility index (Phi) is 4.11. The number of thioether (sulfide) groups is 1.